The SMILES string of the molecule is CC[C@H](C)NC(=O)[C@@H](C)N(Cc1cccc(C)c1)C(=O)COc1ccc2ccccc2c1Br. The van der Waals surface area contributed by atoms with Crippen LogP contribution >= 0.6 is 15.9 Å². The molecule has 0 spiro atoms. The van der Waals surface area contributed by atoms with Crippen LogP contribution in [0.1, 0.15) is 38.3 Å². The van der Waals surface area contributed by atoms with Crippen molar-refractivity contribution in [1.29, 1.82) is 0 Å². The molecule has 0 bridgehead atoms. The lowest BCUT2D eigenvalue weighted by Gasteiger charge is -2.29. The minimum Gasteiger partial charge on any atom is -0.483 e. The number of benzene rings is 3. The van der Waals surface area contributed by atoms with Crippen LogP contribution < -0.4 is 10.1 Å². The van der Waals surface area contributed by atoms with Crippen molar-refractivity contribution in [3.63, 3.8) is 0 Å². The summed E-state index contributed by atoms with van der Waals surface area (Å²) in [6.45, 7) is 7.91. The Morgan fingerprint density at radius 1 is 1.06 bits per heavy atom. The van der Waals surface area contributed by atoms with Gasteiger partial charge in [-0.05, 0) is 65.5 Å². The summed E-state index contributed by atoms with van der Waals surface area (Å²) in [7, 11) is 0. The van der Waals surface area contributed by atoms with E-state index in [1.165, 1.54) is 0 Å². The third-order valence-electron chi connectivity index (χ3n) is 5.78. The first-order valence-corrected chi connectivity index (χ1v) is 12.0. The van der Waals surface area contributed by atoms with Gasteiger partial charge in [-0.2, -0.15) is 0 Å². The highest BCUT2D eigenvalue weighted by molar-refractivity contribution is 9.10. The molecule has 2 amide bonds. The van der Waals surface area contributed by atoms with E-state index in [4.69, 9.17) is 4.74 Å². The van der Waals surface area contributed by atoms with Gasteiger partial charge in [0, 0.05) is 12.6 Å². The molecule has 3 rings (SSSR count). The third kappa shape index (κ3) is 6.35. The first-order valence-electron chi connectivity index (χ1n) is 11.3. The van der Waals surface area contributed by atoms with E-state index < -0.39 is 6.04 Å². The molecule has 3 aromatic rings. The predicted molar refractivity (Wildman–Crippen MR) is 136 cm³/mol. The van der Waals surface area contributed by atoms with Gasteiger partial charge in [-0.25, -0.2) is 0 Å². The Morgan fingerprint density at radius 2 is 1.82 bits per heavy atom. The van der Waals surface area contributed by atoms with Gasteiger partial charge in [-0.15, -0.1) is 0 Å². The molecular formula is C27H31BrN2O3. The molecule has 5 nitrogen and oxygen atoms in total. The Hall–Kier alpha value is -2.86. The molecule has 174 valence electrons. The monoisotopic (exact) mass is 510 g/mol. The zero-order valence-electron chi connectivity index (χ0n) is 19.6. The maximum absolute atomic E-state index is 13.3. The number of rotatable bonds is 9. The van der Waals surface area contributed by atoms with E-state index in [0.29, 0.717) is 12.3 Å². The van der Waals surface area contributed by atoms with E-state index in [1.807, 2.05) is 81.4 Å². The van der Waals surface area contributed by atoms with Gasteiger partial charge in [0.2, 0.25) is 5.91 Å². The van der Waals surface area contributed by atoms with Crippen LogP contribution in [-0.4, -0.2) is 35.4 Å². The summed E-state index contributed by atoms with van der Waals surface area (Å²) in [5, 5.41) is 5.08. The van der Waals surface area contributed by atoms with E-state index in [-0.39, 0.29) is 24.5 Å². The summed E-state index contributed by atoms with van der Waals surface area (Å²) in [5.41, 5.74) is 2.08. The van der Waals surface area contributed by atoms with Crippen LogP contribution in [0.5, 0.6) is 5.75 Å². The highest BCUT2D eigenvalue weighted by atomic mass is 79.9. The number of halogens is 1. The van der Waals surface area contributed by atoms with Crippen LogP contribution in [0.3, 0.4) is 0 Å². The van der Waals surface area contributed by atoms with Crippen molar-refractivity contribution in [2.45, 2.75) is 52.7 Å². The number of hydrogen-bond acceptors (Lipinski definition) is 3. The highest BCUT2D eigenvalue weighted by Gasteiger charge is 2.27. The Bertz CT molecular complexity index is 1130. The lowest BCUT2D eigenvalue weighted by atomic mass is 10.1. The molecule has 0 aromatic heterocycles. The molecule has 0 radical (unpaired) electrons. The molecular weight excluding hydrogens is 480 g/mol. The van der Waals surface area contributed by atoms with Crippen molar-refractivity contribution in [3.05, 3.63) is 76.3 Å². The first kappa shape index (κ1) is 24.8. The molecule has 0 saturated heterocycles. The van der Waals surface area contributed by atoms with Gasteiger partial charge in [-0.3, -0.25) is 9.59 Å². The number of carbonyl (C=O) groups is 2. The van der Waals surface area contributed by atoms with Gasteiger partial charge in [-0.1, -0.05) is 67.1 Å². The fraction of sp³-hybridized carbons (Fsp3) is 0.333. The number of aryl methyl sites for hydroxylation is 1. The van der Waals surface area contributed by atoms with Crippen molar-refractivity contribution in [2.75, 3.05) is 6.61 Å². The standard InChI is InChI=1S/C27H31BrN2O3/c1-5-19(3)29-27(32)20(4)30(16-21-10-8-9-18(2)15-21)25(31)17-33-24-14-13-22-11-6-7-12-23(22)26(24)28/h6-15,19-20H,5,16-17H2,1-4H3,(H,29,32)/t19-,20+/m0/s1. The Balaban J connectivity index is 1.79. The van der Waals surface area contributed by atoms with Crippen LogP contribution in [0.15, 0.2) is 65.1 Å². The summed E-state index contributed by atoms with van der Waals surface area (Å²) < 4.78 is 6.72. The zero-order valence-corrected chi connectivity index (χ0v) is 21.2. The molecule has 3 aromatic carbocycles. The lowest BCUT2D eigenvalue weighted by Crippen LogP contribution is -2.50. The van der Waals surface area contributed by atoms with Gasteiger partial charge < -0.3 is 15.0 Å². The molecule has 0 aliphatic carbocycles. The van der Waals surface area contributed by atoms with Crippen molar-refractivity contribution in [2.24, 2.45) is 0 Å². The number of fused-ring (bicyclic) bond motifs is 1. The second kappa shape index (κ2) is 11.3. The van der Waals surface area contributed by atoms with Crippen molar-refractivity contribution < 1.29 is 14.3 Å². The molecule has 0 heterocycles. The van der Waals surface area contributed by atoms with Crippen LogP contribution in [-0.2, 0) is 16.1 Å². The fourth-order valence-electron chi connectivity index (χ4n) is 3.60. The minimum absolute atomic E-state index is 0.0423. The lowest BCUT2D eigenvalue weighted by molar-refractivity contribution is -0.142. The second-order valence-corrected chi connectivity index (χ2v) is 9.19. The number of carbonyl (C=O) groups excluding carboxylic acids is 2. The number of ether oxygens (including phenoxy) is 1. The molecule has 1 N–H and O–H groups in total. The summed E-state index contributed by atoms with van der Waals surface area (Å²) in [5.74, 6) is 0.176. The molecule has 2 atom stereocenters. The van der Waals surface area contributed by atoms with Crippen LogP contribution in [0.2, 0.25) is 0 Å². The number of hydrogen-bond donors (Lipinski definition) is 1. The largest absolute Gasteiger partial charge is 0.483 e. The summed E-state index contributed by atoms with van der Waals surface area (Å²) in [6, 6.07) is 19.2. The number of nitrogens with one attached hydrogen (secondary N) is 1. The van der Waals surface area contributed by atoms with E-state index in [0.717, 1.165) is 32.8 Å². The summed E-state index contributed by atoms with van der Waals surface area (Å²) in [4.78, 5) is 27.7. The van der Waals surface area contributed by atoms with E-state index in [9.17, 15) is 9.59 Å². The minimum atomic E-state index is -0.629. The van der Waals surface area contributed by atoms with E-state index >= 15 is 0 Å². The number of nitrogens with zero attached hydrogens (tertiary/aromatic N) is 1. The predicted octanol–water partition coefficient (Wildman–Crippen LogP) is 5.62. The molecule has 0 aliphatic rings. The fourth-order valence-corrected chi connectivity index (χ4v) is 4.21. The average molecular weight is 511 g/mol. The second-order valence-electron chi connectivity index (χ2n) is 8.39. The topological polar surface area (TPSA) is 58.6 Å². The Morgan fingerprint density at radius 3 is 2.55 bits per heavy atom. The third-order valence-corrected chi connectivity index (χ3v) is 6.60. The Labute approximate surface area is 204 Å². The van der Waals surface area contributed by atoms with Gasteiger partial charge in [0.15, 0.2) is 6.61 Å². The molecule has 0 aliphatic heterocycles. The summed E-state index contributed by atoms with van der Waals surface area (Å²) >= 11 is 3.60. The van der Waals surface area contributed by atoms with Gasteiger partial charge in [0.1, 0.15) is 11.8 Å². The van der Waals surface area contributed by atoms with Crippen LogP contribution in [0.4, 0.5) is 0 Å². The van der Waals surface area contributed by atoms with E-state index in [1.54, 1.807) is 11.8 Å². The Kier molecular flexibility index (Phi) is 8.50. The molecule has 0 saturated carbocycles. The van der Waals surface area contributed by atoms with Crippen molar-refractivity contribution >= 4 is 38.5 Å². The molecule has 6 heteroatoms. The van der Waals surface area contributed by atoms with Crippen LogP contribution in [0, 0.1) is 6.92 Å². The zero-order chi connectivity index (χ0) is 24.0. The normalized spacial score (nSPS) is 12.8. The maximum atomic E-state index is 13.3. The van der Waals surface area contributed by atoms with Gasteiger partial charge in [0.25, 0.3) is 5.91 Å². The molecule has 0 fully saturated rings. The number of amides is 2. The quantitative estimate of drug-likeness (QED) is 0.406. The van der Waals surface area contributed by atoms with Gasteiger partial charge in [0.05, 0.1) is 4.47 Å². The summed E-state index contributed by atoms with van der Waals surface area (Å²) in [6.07, 6.45) is 0.823. The average Bonchev–Trinajstić information content (AvgIpc) is 2.81. The van der Waals surface area contributed by atoms with Crippen molar-refractivity contribution in [1.82, 2.24) is 10.2 Å². The first-order chi connectivity index (χ1) is 15.8. The van der Waals surface area contributed by atoms with Gasteiger partial charge >= 0.3 is 0 Å². The van der Waals surface area contributed by atoms with E-state index in [2.05, 4.69) is 21.2 Å². The highest BCUT2D eigenvalue weighted by Crippen LogP contribution is 2.33. The van der Waals surface area contributed by atoms with Crippen LogP contribution in [0.25, 0.3) is 10.8 Å². The van der Waals surface area contributed by atoms with Crippen molar-refractivity contribution in [3.8, 4) is 5.75 Å². The molecule has 33 heavy (non-hydrogen) atoms. The smallest absolute Gasteiger partial charge is 0.261 e. The molecule has 0 unspecified atom stereocenters. The maximum Gasteiger partial charge on any atom is 0.261 e.